The van der Waals surface area contributed by atoms with E-state index in [9.17, 15) is 10.1 Å². The molecule has 5 rings (SSSR count). The summed E-state index contributed by atoms with van der Waals surface area (Å²) in [6.07, 6.45) is -1.81. The fraction of sp³-hybridized carbons (Fsp3) is 0.462. The van der Waals surface area contributed by atoms with E-state index in [0.29, 0.717) is 29.3 Å². The molecule has 2 aromatic carbocycles. The lowest BCUT2D eigenvalue weighted by Crippen LogP contribution is -2.40. The monoisotopic (exact) mass is 483 g/mol. The Morgan fingerprint density at radius 1 is 0.971 bits per heavy atom. The van der Waals surface area contributed by atoms with Gasteiger partial charge in [0.15, 0.2) is 17.7 Å². The Kier molecular flexibility index (Phi) is 5.83. The van der Waals surface area contributed by atoms with Crippen LogP contribution in [0, 0.1) is 10.1 Å². The first-order valence-corrected chi connectivity index (χ1v) is 11.5. The smallest absolute Gasteiger partial charge is 0.270 e. The summed E-state index contributed by atoms with van der Waals surface area (Å²) in [5.41, 5.74) is 2.11. The zero-order chi connectivity index (χ0) is 25.0. The minimum Gasteiger partial charge on any atom is -0.497 e. The number of nitro benzene ring substituents is 1. The third-order valence-corrected chi connectivity index (χ3v) is 6.34. The van der Waals surface area contributed by atoms with Crippen LogP contribution in [0.25, 0.3) is 5.57 Å². The molecule has 3 heterocycles. The van der Waals surface area contributed by atoms with Gasteiger partial charge in [-0.25, -0.2) is 0 Å². The highest BCUT2D eigenvalue weighted by molar-refractivity contribution is 5.83. The average molecular weight is 484 g/mol. The summed E-state index contributed by atoms with van der Waals surface area (Å²) in [6, 6.07) is 13.9. The van der Waals surface area contributed by atoms with Crippen molar-refractivity contribution >= 4 is 11.3 Å². The first kappa shape index (κ1) is 23.7. The number of non-ortho nitro benzene ring substituents is 1. The summed E-state index contributed by atoms with van der Waals surface area (Å²) in [6.45, 7) is 7.79. The van der Waals surface area contributed by atoms with Crippen LogP contribution in [0.15, 0.2) is 54.3 Å². The van der Waals surface area contributed by atoms with Gasteiger partial charge in [-0.15, -0.1) is 0 Å². The molecule has 186 valence electrons. The summed E-state index contributed by atoms with van der Waals surface area (Å²) in [5, 5.41) is 11.5. The Morgan fingerprint density at radius 3 is 2.34 bits per heavy atom. The van der Waals surface area contributed by atoms with Crippen LogP contribution in [0.1, 0.15) is 38.8 Å². The molecule has 0 aliphatic carbocycles. The zero-order valence-electron chi connectivity index (χ0n) is 20.3. The molecule has 9 nitrogen and oxygen atoms in total. The quantitative estimate of drug-likeness (QED) is 0.455. The Hall–Kier alpha value is -2.98. The van der Waals surface area contributed by atoms with Crippen molar-refractivity contribution in [3.05, 3.63) is 75.5 Å². The molecule has 0 bridgehead atoms. The number of benzene rings is 2. The maximum Gasteiger partial charge on any atom is 0.270 e. The van der Waals surface area contributed by atoms with E-state index < -0.39 is 34.8 Å². The number of hydrogen-bond acceptors (Lipinski definition) is 8. The van der Waals surface area contributed by atoms with Gasteiger partial charge in [0, 0.05) is 17.7 Å². The molecule has 3 fully saturated rings. The van der Waals surface area contributed by atoms with Crippen molar-refractivity contribution in [2.75, 3.05) is 13.7 Å². The van der Waals surface area contributed by atoms with E-state index in [1.54, 1.807) is 13.2 Å². The van der Waals surface area contributed by atoms with Gasteiger partial charge < -0.3 is 28.4 Å². The molecule has 3 saturated heterocycles. The maximum absolute atomic E-state index is 11.5. The predicted molar refractivity (Wildman–Crippen MR) is 126 cm³/mol. The molecular weight excluding hydrogens is 454 g/mol. The molecule has 9 heteroatoms. The van der Waals surface area contributed by atoms with Crippen LogP contribution >= 0.6 is 0 Å². The molecule has 0 saturated carbocycles. The van der Waals surface area contributed by atoms with Gasteiger partial charge in [0.1, 0.15) is 29.8 Å². The molecular formula is C26H29NO8. The van der Waals surface area contributed by atoms with E-state index in [0.717, 1.165) is 5.56 Å². The fourth-order valence-corrected chi connectivity index (χ4v) is 4.86. The lowest BCUT2D eigenvalue weighted by molar-refractivity contribution is -0.384. The molecule has 3 aliphatic rings. The van der Waals surface area contributed by atoms with E-state index >= 15 is 0 Å². The number of hydrogen-bond donors (Lipinski definition) is 0. The molecule has 0 amide bonds. The number of ether oxygens (including phenoxy) is 6. The van der Waals surface area contributed by atoms with Crippen molar-refractivity contribution in [2.24, 2.45) is 0 Å². The summed E-state index contributed by atoms with van der Waals surface area (Å²) >= 11 is 0. The molecule has 35 heavy (non-hydrogen) atoms. The summed E-state index contributed by atoms with van der Waals surface area (Å²) < 4.78 is 36.4. The largest absolute Gasteiger partial charge is 0.497 e. The van der Waals surface area contributed by atoms with E-state index in [1.807, 2.05) is 58.0 Å². The van der Waals surface area contributed by atoms with Crippen LogP contribution in [-0.2, 0) is 23.7 Å². The van der Waals surface area contributed by atoms with Gasteiger partial charge in [-0.05, 0) is 51.0 Å². The first-order valence-electron chi connectivity index (χ1n) is 11.5. The second-order valence-electron chi connectivity index (χ2n) is 9.75. The highest BCUT2D eigenvalue weighted by Gasteiger charge is 2.58. The predicted octanol–water partition coefficient (Wildman–Crippen LogP) is 4.43. The molecule has 0 spiro atoms. The van der Waals surface area contributed by atoms with Crippen molar-refractivity contribution in [1.29, 1.82) is 0 Å². The molecule has 0 unspecified atom stereocenters. The van der Waals surface area contributed by atoms with Crippen LogP contribution in [0.2, 0.25) is 0 Å². The highest BCUT2D eigenvalue weighted by Crippen LogP contribution is 2.47. The lowest BCUT2D eigenvalue weighted by Gasteiger charge is -2.26. The number of methoxy groups -OCH3 is 1. The Labute approximate surface area is 203 Å². The average Bonchev–Trinajstić information content (AvgIpc) is 3.44. The van der Waals surface area contributed by atoms with Crippen molar-refractivity contribution in [1.82, 2.24) is 0 Å². The molecule has 2 aromatic rings. The van der Waals surface area contributed by atoms with Gasteiger partial charge in [-0.1, -0.05) is 24.3 Å². The van der Waals surface area contributed by atoms with E-state index in [1.165, 1.54) is 12.1 Å². The van der Waals surface area contributed by atoms with Gasteiger partial charge >= 0.3 is 0 Å². The minimum atomic E-state index is -0.842. The second-order valence-corrected chi connectivity index (χ2v) is 9.75. The summed E-state index contributed by atoms with van der Waals surface area (Å²) in [5.74, 6) is -0.333. The van der Waals surface area contributed by atoms with Gasteiger partial charge in [0.25, 0.3) is 5.69 Å². The lowest BCUT2D eigenvalue weighted by atomic mass is 9.93. The second kappa shape index (κ2) is 8.60. The van der Waals surface area contributed by atoms with Gasteiger partial charge in [0.05, 0.1) is 18.6 Å². The van der Waals surface area contributed by atoms with E-state index in [4.69, 9.17) is 28.4 Å². The highest BCUT2D eigenvalue weighted by atomic mass is 16.8. The standard InChI is InChI=1S/C26H29NO8/c1-25(2)31-14-19(33-25)21-23-24(35-26(3,4)34-23)22(32-21)20(15-9-11-18(30-5)12-10-15)16-7-6-8-17(13-16)27(28)29/h6-13,19,21,23-24H,14H2,1-5H3/b22-20-/t19-,21+,23-,24+/m1/s1. The van der Waals surface area contributed by atoms with Crippen LogP contribution in [0.3, 0.4) is 0 Å². The minimum absolute atomic E-state index is 0.0154. The van der Waals surface area contributed by atoms with Crippen molar-refractivity contribution in [3.8, 4) is 5.75 Å². The van der Waals surface area contributed by atoms with Gasteiger partial charge in [0.2, 0.25) is 0 Å². The number of nitrogens with zero attached hydrogens (tertiary/aromatic N) is 1. The molecule has 3 aliphatic heterocycles. The number of fused-ring (bicyclic) bond motifs is 1. The Balaban J connectivity index is 1.66. The zero-order valence-corrected chi connectivity index (χ0v) is 20.3. The van der Waals surface area contributed by atoms with Crippen LogP contribution in [-0.4, -0.2) is 54.6 Å². The SMILES string of the molecule is COc1ccc(/C(=C2/O[C@@H]([C@H]3COC(C)(C)O3)[C@H]3OC(C)(C)O[C@@H]23)c2cccc([N+](=O)[O-])c2)cc1. The third-order valence-electron chi connectivity index (χ3n) is 6.34. The van der Waals surface area contributed by atoms with Crippen molar-refractivity contribution in [2.45, 2.75) is 63.7 Å². The van der Waals surface area contributed by atoms with Gasteiger partial charge in [-0.3, -0.25) is 10.1 Å². The fourth-order valence-electron chi connectivity index (χ4n) is 4.86. The van der Waals surface area contributed by atoms with Crippen LogP contribution < -0.4 is 4.74 Å². The van der Waals surface area contributed by atoms with E-state index in [2.05, 4.69) is 0 Å². The normalized spacial score (nSPS) is 30.0. The van der Waals surface area contributed by atoms with Crippen molar-refractivity contribution < 1.29 is 33.3 Å². The van der Waals surface area contributed by atoms with Crippen molar-refractivity contribution in [3.63, 3.8) is 0 Å². The maximum atomic E-state index is 11.5. The summed E-state index contributed by atoms with van der Waals surface area (Å²) in [4.78, 5) is 11.1. The molecule has 4 atom stereocenters. The molecule has 0 aromatic heterocycles. The topological polar surface area (TPSA) is 98.5 Å². The van der Waals surface area contributed by atoms with Gasteiger partial charge in [-0.2, -0.15) is 0 Å². The molecule has 0 radical (unpaired) electrons. The van der Waals surface area contributed by atoms with Crippen LogP contribution in [0.5, 0.6) is 5.75 Å². The summed E-state index contributed by atoms with van der Waals surface area (Å²) in [7, 11) is 1.60. The van der Waals surface area contributed by atoms with Crippen LogP contribution in [0.4, 0.5) is 5.69 Å². The number of rotatable bonds is 5. The Bertz CT molecular complexity index is 1160. The Morgan fingerprint density at radius 2 is 1.71 bits per heavy atom. The third kappa shape index (κ3) is 4.52. The first-order chi connectivity index (χ1) is 16.6. The molecule has 0 N–H and O–H groups in total. The van der Waals surface area contributed by atoms with E-state index in [-0.39, 0.29) is 11.8 Å². The number of nitro groups is 1.